The van der Waals surface area contributed by atoms with Crippen molar-refractivity contribution < 1.29 is 9.47 Å². The number of methoxy groups -OCH3 is 1. The van der Waals surface area contributed by atoms with Crippen LogP contribution in [0.2, 0.25) is 0 Å². The average Bonchev–Trinajstić information content (AvgIpc) is 3.28. The van der Waals surface area contributed by atoms with Gasteiger partial charge in [0.25, 0.3) is 0 Å². The lowest BCUT2D eigenvalue weighted by Crippen LogP contribution is -2.49. The van der Waals surface area contributed by atoms with Gasteiger partial charge in [-0.2, -0.15) is 5.10 Å². The fourth-order valence-corrected chi connectivity index (χ4v) is 4.26. The third-order valence-corrected chi connectivity index (χ3v) is 5.48. The van der Waals surface area contributed by atoms with Gasteiger partial charge in [-0.25, -0.2) is 0 Å². The van der Waals surface area contributed by atoms with Gasteiger partial charge in [0.1, 0.15) is 5.75 Å². The molecule has 2 aromatic rings. The van der Waals surface area contributed by atoms with Gasteiger partial charge >= 0.3 is 0 Å². The van der Waals surface area contributed by atoms with Crippen molar-refractivity contribution in [3.8, 4) is 5.75 Å². The molecule has 1 aliphatic carbocycles. The van der Waals surface area contributed by atoms with Gasteiger partial charge < -0.3 is 9.47 Å². The van der Waals surface area contributed by atoms with E-state index in [0.717, 1.165) is 38.5 Å². The van der Waals surface area contributed by atoms with Gasteiger partial charge in [-0.1, -0.05) is 18.9 Å². The molecule has 5 nitrogen and oxygen atoms in total. The molecule has 0 bridgehead atoms. The number of hydrogen-bond donors (Lipinski definition) is 0. The second kappa shape index (κ2) is 7.18. The van der Waals surface area contributed by atoms with Gasteiger partial charge in [-0.05, 0) is 36.6 Å². The minimum atomic E-state index is 0.128. The van der Waals surface area contributed by atoms with E-state index in [1.54, 1.807) is 7.11 Å². The molecule has 0 atom stereocenters. The van der Waals surface area contributed by atoms with Crippen molar-refractivity contribution in [1.82, 2.24) is 14.7 Å². The Labute approximate surface area is 149 Å². The van der Waals surface area contributed by atoms with E-state index < -0.39 is 0 Å². The first-order chi connectivity index (χ1) is 12.3. The first kappa shape index (κ1) is 16.6. The van der Waals surface area contributed by atoms with Crippen LogP contribution in [-0.2, 0) is 17.8 Å². The zero-order valence-electron chi connectivity index (χ0n) is 15.0. The molecular formula is C20H27N3O2. The first-order valence-electron chi connectivity index (χ1n) is 9.26. The smallest absolute Gasteiger partial charge is 0.123 e. The third kappa shape index (κ3) is 3.72. The number of benzene rings is 1. The monoisotopic (exact) mass is 341 g/mol. The summed E-state index contributed by atoms with van der Waals surface area (Å²) in [5.74, 6) is 0.925. The summed E-state index contributed by atoms with van der Waals surface area (Å²) in [6.45, 7) is 4.64. The maximum atomic E-state index is 6.15. The van der Waals surface area contributed by atoms with Crippen LogP contribution in [0, 0.1) is 0 Å². The van der Waals surface area contributed by atoms with Gasteiger partial charge in [0, 0.05) is 37.6 Å². The summed E-state index contributed by atoms with van der Waals surface area (Å²) in [4.78, 5) is 2.55. The molecule has 4 rings (SSSR count). The van der Waals surface area contributed by atoms with Gasteiger partial charge in [0.15, 0.2) is 0 Å². The highest BCUT2D eigenvalue weighted by Gasteiger charge is 2.39. The summed E-state index contributed by atoms with van der Waals surface area (Å²) in [7, 11) is 1.73. The number of hydrogen-bond acceptors (Lipinski definition) is 4. The summed E-state index contributed by atoms with van der Waals surface area (Å²) < 4.78 is 13.6. The molecule has 1 spiro atoms. The van der Waals surface area contributed by atoms with E-state index in [0.29, 0.717) is 0 Å². The van der Waals surface area contributed by atoms with Gasteiger partial charge in [0.05, 0.1) is 25.9 Å². The molecule has 25 heavy (non-hydrogen) atoms. The lowest BCUT2D eigenvalue weighted by Gasteiger charge is -2.40. The lowest BCUT2D eigenvalue weighted by molar-refractivity contribution is -0.107. The molecule has 0 N–H and O–H groups in total. The Hall–Kier alpha value is -1.85. The fourth-order valence-electron chi connectivity index (χ4n) is 4.26. The van der Waals surface area contributed by atoms with Crippen LogP contribution in [0.15, 0.2) is 36.7 Å². The van der Waals surface area contributed by atoms with Crippen LogP contribution in [-0.4, -0.2) is 47.1 Å². The highest BCUT2D eigenvalue weighted by atomic mass is 16.5. The Kier molecular flexibility index (Phi) is 4.77. The normalized spacial score (nSPS) is 20.2. The second-order valence-electron chi connectivity index (χ2n) is 7.30. The number of nitrogens with zero attached hydrogens (tertiary/aromatic N) is 3. The standard InChI is InChI=1S/C20H27N3O2/c1-24-19-6-5-17(13-18(19)15-23-10-4-9-21-23)14-22-11-12-25-20(16-22)7-2-3-8-20/h4-6,9-10,13H,2-3,7-8,11-12,14-16H2,1H3. The Bertz CT molecular complexity index is 693. The summed E-state index contributed by atoms with van der Waals surface area (Å²) in [5.41, 5.74) is 2.63. The molecule has 0 amide bonds. The molecule has 134 valence electrons. The van der Waals surface area contributed by atoms with Crippen LogP contribution in [0.1, 0.15) is 36.8 Å². The molecule has 2 heterocycles. The Morgan fingerprint density at radius 3 is 2.88 bits per heavy atom. The molecule has 0 radical (unpaired) electrons. The van der Waals surface area contributed by atoms with E-state index in [-0.39, 0.29) is 5.60 Å². The Balaban J connectivity index is 1.48. The Morgan fingerprint density at radius 2 is 2.12 bits per heavy atom. The van der Waals surface area contributed by atoms with E-state index in [1.807, 2.05) is 23.1 Å². The van der Waals surface area contributed by atoms with Crippen LogP contribution in [0.4, 0.5) is 0 Å². The third-order valence-electron chi connectivity index (χ3n) is 5.48. The number of rotatable bonds is 5. The van der Waals surface area contributed by atoms with Gasteiger partial charge in [0.2, 0.25) is 0 Å². The highest BCUT2D eigenvalue weighted by Crippen LogP contribution is 2.36. The predicted molar refractivity (Wildman–Crippen MR) is 96.8 cm³/mol. The predicted octanol–water partition coefficient (Wildman–Crippen LogP) is 3.09. The van der Waals surface area contributed by atoms with E-state index in [2.05, 4.69) is 28.2 Å². The number of aromatic nitrogens is 2. The van der Waals surface area contributed by atoms with Crippen molar-refractivity contribution in [2.75, 3.05) is 26.8 Å². The SMILES string of the molecule is COc1ccc(CN2CCOC3(CCCC3)C2)cc1Cn1cccn1. The molecule has 2 aliphatic rings. The summed E-state index contributed by atoms with van der Waals surface area (Å²) in [5, 5.41) is 4.31. The van der Waals surface area contributed by atoms with Crippen molar-refractivity contribution in [1.29, 1.82) is 0 Å². The zero-order valence-corrected chi connectivity index (χ0v) is 15.0. The molecule has 2 fully saturated rings. The summed E-state index contributed by atoms with van der Waals surface area (Å²) >= 11 is 0. The zero-order chi connectivity index (χ0) is 17.1. The van der Waals surface area contributed by atoms with E-state index in [1.165, 1.54) is 36.8 Å². The molecule has 5 heteroatoms. The maximum Gasteiger partial charge on any atom is 0.123 e. The van der Waals surface area contributed by atoms with Crippen molar-refractivity contribution >= 4 is 0 Å². The van der Waals surface area contributed by atoms with Crippen LogP contribution in [0.25, 0.3) is 0 Å². The highest BCUT2D eigenvalue weighted by molar-refractivity contribution is 5.37. The van der Waals surface area contributed by atoms with Gasteiger partial charge in [-0.3, -0.25) is 9.58 Å². The number of ether oxygens (including phenoxy) is 2. The van der Waals surface area contributed by atoms with Crippen molar-refractivity contribution in [3.05, 3.63) is 47.8 Å². The average molecular weight is 341 g/mol. The molecule has 1 aliphatic heterocycles. The second-order valence-corrected chi connectivity index (χ2v) is 7.30. The van der Waals surface area contributed by atoms with Crippen molar-refractivity contribution in [2.45, 2.75) is 44.4 Å². The number of morpholine rings is 1. The fraction of sp³-hybridized carbons (Fsp3) is 0.550. The van der Waals surface area contributed by atoms with E-state index in [4.69, 9.17) is 9.47 Å². The van der Waals surface area contributed by atoms with Crippen LogP contribution in [0.3, 0.4) is 0 Å². The largest absolute Gasteiger partial charge is 0.496 e. The quantitative estimate of drug-likeness (QED) is 0.838. The Morgan fingerprint density at radius 1 is 1.24 bits per heavy atom. The van der Waals surface area contributed by atoms with Crippen LogP contribution >= 0.6 is 0 Å². The van der Waals surface area contributed by atoms with E-state index in [9.17, 15) is 0 Å². The van der Waals surface area contributed by atoms with Crippen molar-refractivity contribution in [2.24, 2.45) is 0 Å². The molecule has 1 saturated heterocycles. The van der Waals surface area contributed by atoms with E-state index >= 15 is 0 Å². The summed E-state index contributed by atoms with van der Waals surface area (Å²) in [6.07, 6.45) is 8.85. The first-order valence-corrected chi connectivity index (χ1v) is 9.26. The molecule has 1 aromatic heterocycles. The molecular weight excluding hydrogens is 314 g/mol. The van der Waals surface area contributed by atoms with Crippen LogP contribution < -0.4 is 4.74 Å². The minimum absolute atomic E-state index is 0.128. The molecule has 1 saturated carbocycles. The molecule has 0 unspecified atom stereocenters. The topological polar surface area (TPSA) is 39.5 Å². The van der Waals surface area contributed by atoms with Crippen LogP contribution in [0.5, 0.6) is 5.75 Å². The molecule has 1 aromatic carbocycles. The maximum absolute atomic E-state index is 6.15. The van der Waals surface area contributed by atoms with Crippen molar-refractivity contribution in [3.63, 3.8) is 0 Å². The summed E-state index contributed by atoms with van der Waals surface area (Å²) in [6, 6.07) is 8.48. The minimum Gasteiger partial charge on any atom is -0.496 e. The lowest BCUT2D eigenvalue weighted by atomic mass is 9.99. The van der Waals surface area contributed by atoms with Gasteiger partial charge in [-0.15, -0.1) is 0 Å².